The molecule has 1 aromatic rings. The monoisotopic (exact) mass is 326 g/mol. The zero-order chi connectivity index (χ0) is 16.5. The topological polar surface area (TPSA) is 62.6 Å². The lowest BCUT2D eigenvalue weighted by atomic mass is 10.1. The number of rotatable bonds is 8. The van der Waals surface area contributed by atoms with Crippen molar-refractivity contribution < 1.29 is 14.5 Å². The standard InChI is InChI=1S/C16H24ClN3O2/c1-12(2)19-16(22)11-20(3)10-15(21)18-8-7-13-5-4-6-14(17)9-13/h4-6,9,12H,7-8,10-11H2,1-3H3,(H,18,21)(H,19,22)/p+1. The van der Waals surface area contributed by atoms with Crippen LogP contribution < -0.4 is 15.5 Å². The van der Waals surface area contributed by atoms with Crippen LogP contribution >= 0.6 is 11.6 Å². The molecule has 2 amide bonds. The van der Waals surface area contributed by atoms with Crippen molar-refractivity contribution in [3.05, 3.63) is 34.9 Å². The fourth-order valence-corrected chi connectivity index (χ4v) is 2.30. The Balaban J connectivity index is 2.24. The highest BCUT2D eigenvalue weighted by Gasteiger charge is 2.14. The number of carbonyl (C=O) groups excluding carboxylic acids is 2. The van der Waals surface area contributed by atoms with Gasteiger partial charge in [-0.3, -0.25) is 9.59 Å². The first kappa shape index (κ1) is 18.5. The highest BCUT2D eigenvalue weighted by Crippen LogP contribution is 2.10. The number of carbonyl (C=O) groups is 2. The Morgan fingerprint density at radius 2 is 1.91 bits per heavy atom. The lowest BCUT2D eigenvalue weighted by Crippen LogP contribution is -3.11. The first-order valence-corrected chi connectivity index (χ1v) is 7.86. The first-order valence-electron chi connectivity index (χ1n) is 7.48. The Morgan fingerprint density at radius 3 is 2.55 bits per heavy atom. The predicted octanol–water partition coefficient (Wildman–Crippen LogP) is 0.0380. The summed E-state index contributed by atoms with van der Waals surface area (Å²) in [4.78, 5) is 24.3. The largest absolute Gasteiger partial charge is 0.351 e. The van der Waals surface area contributed by atoms with Gasteiger partial charge in [0.2, 0.25) is 0 Å². The van der Waals surface area contributed by atoms with Crippen LogP contribution in [0.3, 0.4) is 0 Å². The number of quaternary nitrogens is 1. The smallest absolute Gasteiger partial charge is 0.275 e. The van der Waals surface area contributed by atoms with Crippen LogP contribution in [0.25, 0.3) is 0 Å². The third-order valence-electron chi connectivity index (χ3n) is 3.00. The third kappa shape index (κ3) is 8.00. The van der Waals surface area contributed by atoms with Crippen LogP contribution in [-0.4, -0.2) is 44.5 Å². The van der Waals surface area contributed by atoms with Gasteiger partial charge in [0, 0.05) is 17.6 Å². The molecule has 0 aliphatic heterocycles. The van der Waals surface area contributed by atoms with Gasteiger partial charge in [0.15, 0.2) is 13.1 Å². The molecule has 1 aromatic carbocycles. The molecule has 0 heterocycles. The lowest BCUT2D eigenvalue weighted by Gasteiger charge is -2.15. The summed E-state index contributed by atoms with van der Waals surface area (Å²) in [7, 11) is 1.83. The molecule has 0 fully saturated rings. The van der Waals surface area contributed by atoms with Gasteiger partial charge in [-0.1, -0.05) is 23.7 Å². The summed E-state index contributed by atoms with van der Waals surface area (Å²) in [5.74, 6) is -0.101. The SMILES string of the molecule is CC(C)NC(=O)C[NH+](C)CC(=O)NCCc1cccc(Cl)c1. The maximum atomic E-state index is 11.8. The maximum absolute atomic E-state index is 11.8. The van der Waals surface area contributed by atoms with E-state index in [1.165, 1.54) is 0 Å². The van der Waals surface area contributed by atoms with Crippen LogP contribution in [-0.2, 0) is 16.0 Å². The Labute approximate surface area is 137 Å². The van der Waals surface area contributed by atoms with Gasteiger partial charge >= 0.3 is 0 Å². The summed E-state index contributed by atoms with van der Waals surface area (Å²) in [5, 5.41) is 6.37. The molecular weight excluding hydrogens is 302 g/mol. The average Bonchev–Trinajstić information content (AvgIpc) is 2.37. The van der Waals surface area contributed by atoms with Crippen LogP contribution in [0.2, 0.25) is 5.02 Å². The van der Waals surface area contributed by atoms with E-state index >= 15 is 0 Å². The molecule has 1 atom stereocenters. The van der Waals surface area contributed by atoms with E-state index in [-0.39, 0.29) is 24.4 Å². The molecule has 1 unspecified atom stereocenters. The highest BCUT2D eigenvalue weighted by atomic mass is 35.5. The molecule has 122 valence electrons. The molecule has 0 saturated carbocycles. The van der Waals surface area contributed by atoms with Crippen molar-refractivity contribution in [3.8, 4) is 0 Å². The Kier molecular flexibility index (Phi) is 7.91. The van der Waals surface area contributed by atoms with Gasteiger partial charge in [-0.2, -0.15) is 0 Å². The molecule has 0 spiro atoms. The minimum atomic E-state index is -0.0584. The molecule has 6 heteroatoms. The zero-order valence-corrected chi connectivity index (χ0v) is 14.2. The molecule has 22 heavy (non-hydrogen) atoms. The molecule has 0 radical (unpaired) electrons. The molecule has 0 bridgehead atoms. The van der Waals surface area contributed by atoms with Crippen molar-refractivity contribution in [1.82, 2.24) is 10.6 Å². The van der Waals surface area contributed by atoms with Crippen molar-refractivity contribution in [1.29, 1.82) is 0 Å². The molecule has 0 saturated heterocycles. The third-order valence-corrected chi connectivity index (χ3v) is 3.23. The quantitative estimate of drug-likeness (QED) is 0.631. The van der Waals surface area contributed by atoms with Gasteiger partial charge in [-0.15, -0.1) is 0 Å². The van der Waals surface area contributed by atoms with Crippen molar-refractivity contribution in [2.75, 3.05) is 26.7 Å². The number of hydrogen-bond donors (Lipinski definition) is 3. The van der Waals surface area contributed by atoms with Crippen LogP contribution in [0.4, 0.5) is 0 Å². The van der Waals surface area contributed by atoms with Gasteiger partial charge in [-0.05, 0) is 38.0 Å². The second kappa shape index (κ2) is 9.43. The molecule has 0 aromatic heterocycles. The number of benzene rings is 1. The predicted molar refractivity (Wildman–Crippen MR) is 88.1 cm³/mol. The summed E-state index contributed by atoms with van der Waals surface area (Å²) in [6.07, 6.45) is 0.735. The van der Waals surface area contributed by atoms with E-state index in [0.29, 0.717) is 18.1 Å². The van der Waals surface area contributed by atoms with Gasteiger partial charge in [-0.25, -0.2) is 0 Å². The van der Waals surface area contributed by atoms with E-state index in [4.69, 9.17) is 11.6 Å². The summed E-state index contributed by atoms with van der Waals surface area (Å²) in [5.41, 5.74) is 1.09. The van der Waals surface area contributed by atoms with Gasteiger partial charge in [0.25, 0.3) is 11.8 Å². The summed E-state index contributed by atoms with van der Waals surface area (Å²) >= 11 is 5.91. The Hall–Kier alpha value is -1.59. The fourth-order valence-electron chi connectivity index (χ4n) is 2.08. The van der Waals surface area contributed by atoms with E-state index in [1.807, 2.05) is 45.2 Å². The molecule has 0 aliphatic carbocycles. The summed E-state index contributed by atoms with van der Waals surface area (Å²) in [6, 6.07) is 7.70. The molecule has 5 nitrogen and oxygen atoms in total. The molecular formula is C16H25ClN3O2+. The zero-order valence-electron chi connectivity index (χ0n) is 13.4. The fraction of sp³-hybridized carbons (Fsp3) is 0.500. The highest BCUT2D eigenvalue weighted by molar-refractivity contribution is 6.30. The van der Waals surface area contributed by atoms with Crippen molar-refractivity contribution in [2.45, 2.75) is 26.3 Å². The molecule has 0 aliphatic rings. The van der Waals surface area contributed by atoms with Crippen LogP contribution in [0.15, 0.2) is 24.3 Å². The minimum Gasteiger partial charge on any atom is -0.351 e. The number of nitrogens with one attached hydrogen (secondary N) is 3. The van der Waals surface area contributed by atoms with Crippen molar-refractivity contribution in [2.24, 2.45) is 0 Å². The van der Waals surface area contributed by atoms with Crippen LogP contribution in [0.1, 0.15) is 19.4 Å². The van der Waals surface area contributed by atoms with Gasteiger partial charge < -0.3 is 15.5 Å². The second-order valence-electron chi connectivity index (χ2n) is 5.76. The van der Waals surface area contributed by atoms with Crippen LogP contribution in [0.5, 0.6) is 0 Å². The van der Waals surface area contributed by atoms with E-state index in [0.717, 1.165) is 16.9 Å². The van der Waals surface area contributed by atoms with Crippen molar-refractivity contribution >= 4 is 23.4 Å². The van der Waals surface area contributed by atoms with E-state index < -0.39 is 0 Å². The summed E-state index contributed by atoms with van der Waals surface area (Å²) < 4.78 is 0. The minimum absolute atomic E-state index is 0.0424. The average molecular weight is 327 g/mol. The van der Waals surface area contributed by atoms with E-state index in [9.17, 15) is 9.59 Å². The van der Waals surface area contributed by atoms with E-state index in [1.54, 1.807) is 0 Å². The van der Waals surface area contributed by atoms with Gasteiger partial charge in [0.1, 0.15) is 0 Å². The second-order valence-corrected chi connectivity index (χ2v) is 6.20. The summed E-state index contributed by atoms with van der Waals surface area (Å²) in [6.45, 7) is 4.96. The normalized spacial score (nSPS) is 12.0. The molecule has 1 rings (SSSR count). The van der Waals surface area contributed by atoms with Gasteiger partial charge in [0.05, 0.1) is 7.05 Å². The van der Waals surface area contributed by atoms with E-state index in [2.05, 4.69) is 10.6 Å². The first-order chi connectivity index (χ1) is 10.4. The Bertz CT molecular complexity index is 506. The maximum Gasteiger partial charge on any atom is 0.275 e. The number of likely N-dealkylation sites (N-methyl/N-ethyl adjacent to an activating group) is 1. The Morgan fingerprint density at radius 1 is 1.23 bits per heavy atom. The van der Waals surface area contributed by atoms with Crippen LogP contribution in [0, 0.1) is 0 Å². The number of amides is 2. The number of halogens is 1. The molecule has 3 N–H and O–H groups in total. The lowest BCUT2D eigenvalue weighted by molar-refractivity contribution is -0.862. The number of hydrogen-bond acceptors (Lipinski definition) is 2. The van der Waals surface area contributed by atoms with Crippen molar-refractivity contribution in [3.63, 3.8) is 0 Å².